The van der Waals surface area contributed by atoms with Crippen LogP contribution in [-0.2, 0) is 16.4 Å². The van der Waals surface area contributed by atoms with E-state index in [0.717, 1.165) is 24.8 Å². The van der Waals surface area contributed by atoms with E-state index in [1.807, 2.05) is 31.1 Å². The highest BCUT2D eigenvalue weighted by Gasteiger charge is 2.06. The Balaban J connectivity index is 2.60. The molecular formula is C12H21N3O2S. The number of benzene rings is 1. The second kappa shape index (κ2) is 6.17. The Morgan fingerprint density at radius 2 is 1.83 bits per heavy atom. The molecule has 0 saturated heterocycles. The Kier molecular flexibility index (Phi) is 5.13. The minimum absolute atomic E-state index is 0.0775. The summed E-state index contributed by atoms with van der Waals surface area (Å²) in [6, 6.07) is 7.36. The summed E-state index contributed by atoms with van der Waals surface area (Å²) in [6.07, 6.45) is 1.91. The maximum Gasteiger partial charge on any atom is 0.229 e. The molecule has 0 fully saturated rings. The van der Waals surface area contributed by atoms with E-state index >= 15 is 0 Å². The van der Waals surface area contributed by atoms with E-state index < -0.39 is 10.0 Å². The molecule has 3 N–H and O–H groups in total. The number of hydrogen-bond acceptors (Lipinski definition) is 4. The maximum absolute atomic E-state index is 11.0. The number of sulfonamides is 1. The van der Waals surface area contributed by atoms with E-state index in [1.54, 1.807) is 12.1 Å². The Morgan fingerprint density at radius 1 is 1.28 bits per heavy atom. The van der Waals surface area contributed by atoms with Crippen molar-refractivity contribution >= 4 is 15.7 Å². The van der Waals surface area contributed by atoms with Crippen LogP contribution in [0.5, 0.6) is 0 Å². The first-order valence-corrected chi connectivity index (χ1v) is 7.62. The third kappa shape index (κ3) is 6.00. The summed E-state index contributed by atoms with van der Waals surface area (Å²) < 4.78 is 24.5. The average Bonchev–Trinajstić information content (AvgIpc) is 2.17. The molecule has 18 heavy (non-hydrogen) atoms. The molecule has 0 aliphatic carbocycles. The lowest BCUT2D eigenvalue weighted by molar-refractivity contribution is 0.371. The molecule has 0 aliphatic rings. The summed E-state index contributed by atoms with van der Waals surface area (Å²) in [4.78, 5) is 2.05. The van der Waals surface area contributed by atoms with Gasteiger partial charge in [0.2, 0.25) is 10.0 Å². The molecule has 0 saturated carbocycles. The van der Waals surface area contributed by atoms with E-state index in [1.165, 1.54) is 0 Å². The molecule has 0 aliphatic heterocycles. The van der Waals surface area contributed by atoms with Crippen molar-refractivity contribution in [2.24, 2.45) is 5.73 Å². The van der Waals surface area contributed by atoms with E-state index in [9.17, 15) is 8.42 Å². The van der Waals surface area contributed by atoms with Crippen molar-refractivity contribution in [3.8, 4) is 0 Å². The first kappa shape index (κ1) is 14.9. The first-order chi connectivity index (χ1) is 8.26. The van der Waals surface area contributed by atoms with Crippen LogP contribution < -0.4 is 10.5 Å². The van der Waals surface area contributed by atoms with Crippen molar-refractivity contribution in [1.82, 2.24) is 4.90 Å². The van der Waals surface area contributed by atoms with Crippen molar-refractivity contribution in [2.75, 3.05) is 31.6 Å². The lowest BCUT2D eigenvalue weighted by Gasteiger charge is -2.17. The van der Waals surface area contributed by atoms with Gasteiger partial charge >= 0.3 is 0 Å². The Hall–Kier alpha value is -1.11. The van der Waals surface area contributed by atoms with Gasteiger partial charge in [-0.15, -0.1) is 0 Å². The van der Waals surface area contributed by atoms with Crippen molar-refractivity contribution in [1.29, 1.82) is 0 Å². The van der Waals surface area contributed by atoms with E-state index in [4.69, 9.17) is 5.73 Å². The Labute approximate surface area is 109 Å². The number of nitrogens with one attached hydrogen (secondary N) is 1. The number of nitrogens with zero attached hydrogens (tertiary/aromatic N) is 1. The second-order valence-corrected chi connectivity index (χ2v) is 6.55. The number of anilines is 1. The predicted molar refractivity (Wildman–Crippen MR) is 75.1 cm³/mol. The van der Waals surface area contributed by atoms with Gasteiger partial charge in [0.25, 0.3) is 0 Å². The number of nitrogens with two attached hydrogens (primary N) is 1. The molecule has 0 amide bonds. The summed E-state index contributed by atoms with van der Waals surface area (Å²) in [5, 5.41) is 0. The Bertz CT molecular complexity index is 469. The fourth-order valence-electron chi connectivity index (χ4n) is 1.76. The van der Waals surface area contributed by atoms with Crippen LogP contribution in [0.15, 0.2) is 24.3 Å². The molecule has 1 atom stereocenters. The molecule has 1 aromatic carbocycles. The molecule has 1 rings (SSSR count). The summed E-state index contributed by atoms with van der Waals surface area (Å²) in [5.41, 5.74) is 7.67. The summed E-state index contributed by atoms with van der Waals surface area (Å²) >= 11 is 0. The average molecular weight is 271 g/mol. The minimum atomic E-state index is -3.21. The summed E-state index contributed by atoms with van der Waals surface area (Å²) in [7, 11) is 0.760. The van der Waals surface area contributed by atoms with Crippen LogP contribution in [0, 0.1) is 0 Å². The standard InChI is InChI=1S/C12H21N3O2S/c1-15(2)9-11(13)8-10-4-6-12(7-5-10)14-18(3,16)17/h4-7,11,14H,8-9,13H2,1-3H3/t11-/m0/s1. The smallest absolute Gasteiger partial charge is 0.229 e. The van der Waals surface area contributed by atoms with Gasteiger partial charge in [0.05, 0.1) is 6.26 Å². The first-order valence-electron chi connectivity index (χ1n) is 5.73. The number of rotatable bonds is 6. The molecule has 0 unspecified atom stereocenters. The van der Waals surface area contributed by atoms with Crippen LogP contribution in [0.2, 0.25) is 0 Å². The van der Waals surface area contributed by atoms with Crippen LogP contribution in [0.25, 0.3) is 0 Å². The monoisotopic (exact) mass is 271 g/mol. The van der Waals surface area contributed by atoms with Crippen LogP contribution in [0.4, 0.5) is 5.69 Å². The molecule has 0 heterocycles. The lowest BCUT2D eigenvalue weighted by atomic mass is 10.1. The van der Waals surface area contributed by atoms with Crippen LogP contribution in [0.1, 0.15) is 5.56 Å². The molecule has 5 nitrogen and oxygen atoms in total. The molecule has 6 heteroatoms. The van der Waals surface area contributed by atoms with E-state index in [-0.39, 0.29) is 6.04 Å². The van der Waals surface area contributed by atoms with Crippen LogP contribution in [0.3, 0.4) is 0 Å². The summed E-state index contributed by atoms with van der Waals surface area (Å²) in [6.45, 7) is 0.823. The van der Waals surface area contributed by atoms with Gasteiger partial charge in [0, 0.05) is 18.3 Å². The van der Waals surface area contributed by atoms with E-state index in [2.05, 4.69) is 4.72 Å². The number of hydrogen-bond donors (Lipinski definition) is 2. The normalized spacial score (nSPS) is 13.6. The van der Waals surface area contributed by atoms with Crippen LogP contribution in [-0.4, -0.2) is 46.3 Å². The largest absolute Gasteiger partial charge is 0.326 e. The van der Waals surface area contributed by atoms with Gasteiger partial charge < -0.3 is 10.6 Å². The zero-order valence-electron chi connectivity index (χ0n) is 11.1. The zero-order chi connectivity index (χ0) is 13.8. The second-order valence-electron chi connectivity index (χ2n) is 4.80. The third-order valence-electron chi connectivity index (χ3n) is 2.35. The molecule has 0 spiro atoms. The fourth-order valence-corrected chi connectivity index (χ4v) is 2.32. The van der Waals surface area contributed by atoms with Gasteiger partial charge in [-0.3, -0.25) is 4.72 Å². The maximum atomic E-state index is 11.0. The van der Waals surface area contributed by atoms with Gasteiger partial charge in [-0.1, -0.05) is 12.1 Å². The molecule has 102 valence electrons. The minimum Gasteiger partial charge on any atom is -0.326 e. The zero-order valence-corrected chi connectivity index (χ0v) is 11.9. The SMILES string of the molecule is CN(C)C[C@@H](N)Cc1ccc(NS(C)(=O)=O)cc1. The van der Waals surface area contributed by atoms with Crippen molar-refractivity contribution < 1.29 is 8.42 Å². The fraction of sp³-hybridized carbons (Fsp3) is 0.500. The molecule has 0 radical (unpaired) electrons. The van der Waals surface area contributed by atoms with Crippen molar-refractivity contribution in [3.05, 3.63) is 29.8 Å². The highest BCUT2D eigenvalue weighted by Crippen LogP contribution is 2.12. The molecule has 0 bridgehead atoms. The Morgan fingerprint density at radius 3 is 2.28 bits per heavy atom. The van der Waals surface area contributed by atoms with Gasteiger partial charge in [0.15, 0.2) is 0 Å². The van der Waals surface area contributed by atoms with Crippen LogP contribution >= 0.6 is 0 Å². The van der Waals surface area contributed by atoms with Crippen molar-refractivity contribution in [3.63, 3.8) is 0 Å². The summed E-state index contributed by atoms with van der Waals surface area (Å²) in [5.74, 6) is 0. The van der Waals surface area contributed by atoms with E-state index in [0.29, 0.717) is 5.69 Å². The molecule has 1 aromatic rings. The quantitative estimate of drug-likeness (QED) is 0.789. The van der Waals surface area contributed by atoms with Gasteiger partial charge in [-0.25, -0.2) is 8.42 Å². The molecular weight excluding hydrogens is 250 g/mol. The van der Waals surface area contributed by atoms with Gasteiger partial charge in [-0.05, 0) is 38.2 Å². The third-order valence-corrected chi connectivity index (χ3v) is 2.96. The highest BCUT2D eigenvalue weighted by molar-refractivity contribution is 7.92. The van der Waals surface area contributed by atoms with Crippen molar-refractivity contribution in [2.45, 2.75) is 12.5 Å². The van der Waals surface area contributed by atoms with Gasteiger partial charge in [0.1, 0.15) is 0 Å². The molecule has 0 aromatic heterocycles. The number of likely N-dealkylation sites (N-methyl/N-ethyl adjacent to an activating group) is 1. The van der Waals surface area contributed by atoms with Gasteiger partial charge in [-0.2, -0.15) is 0 Å². The topological polar surface area (TPSA) is 75.4 Å². The lowest BCUT2D eigenvalue weighted by Crippen LogP contribution is -2.34. The highest BCUT2D eigenvalue weighted by atomic mass is 32.2. The predicted octanol–water partition coefficient (Wildman–Crippen LogP) is 0.490.